The minimum absolute atomic E-state index is 0.00282. The highest BCUT2D eigenvalue weighted by Crippen LogP contribution is 2.33. The summed E-state index contributed by atoms with van der Waals surface area (Å²) in [4.78, 5) is 45.3. The van der Waals surface area contributed by atoms with Crippen LogP contribution in [0.3, 0.4) is 0 Å². The third-order valence-corrected chi connectivity index (χ3v) is 3.65. The summed E-state index contributed by atoms with van der Waals surface area (Å²) in [6, 6.07) is 5.48. The minimum atomic E-state index is -1.54. The van der Waals surface area contributed by atoms with Crippen molar-refractivity contribution in [1.29, 1.82) is 15.8 Å². The average molecular weight is 480 g/mol. The quantitative estimate of drug-likeness (QED) is 0.174. The van der Waals surface area contributed by atoms with Gasteiger partial charge in [0.25, 0.3) is 0 Å². The van der Waals surface area contributed by atoms with Crippen LogP contribution in [0, 0.1) is 39.4 Å². The number of carbonyl (C=O) groups excluding carboxylic acids is 4. The van der Waals surface area contributed by atoms with Crippen LogP contribution in [0.4, 0.5) is 0 Å². The summed E-state index contributed by atoms with van der Waals surface area (Å²) in [5.41, 5.74) is -1.54. The monoisotopic (exact) mass is 479 g/mol. The normalized spacial score (nSPS) is 8.97. The standard InChI is InChI=1S/C13H18N2O4.C7H12O4.C3H3N/c1-3-18-11(16)13(7-5-9-14,8-6-10-15)12(17)19-4-2;1-3-10-6(8)5-7(9)11-4-2;1-2-3-4/h3-8H2,1-2H3;3-5H2,1-2H3;2H,1H2. The SMILES string of the molecule is C=CC#N.CCOC(=O)C(CCC#N)(CCC#N)C(=O)OCC.CCOC(=O)CC(=O)OCC. The second-order valence-corrected chi connectivity index (χ2v) is 5.96. The molecule has 11 nitrogen and oxygen atoms in total. The molecule has 0 atom stereocenters. The zero-order chi connectivity index (χ0) is 26.8. The van der Waals surface area contributed by atoms with Crippen molar-refractivity contribution in [1.82, 2.24) is 0 Å². The lowest BCUT2D eigenvalue weighted by Crippen LogP contribution is -2.42. The van der Waals surface area contributed by atoms with Crippen LogP contribution in [-0.2, 0) is 38.1 Å². The van der Waals surface area contributed by atoms with Crippen molar-refractivity contribution in [3.8, 4) is 18.2 Å². The van der Waals surface area contributed by atoms with Gasteiger partial charge in [-0.1, -0.05) is 6.58 Å². The first kappa shape index (κ1) is 34.7. The molecule has 188 valence electrons. The molecule has 0 heterocycles. The van der Waals surface area contributed by atoms with Crippen molar-refractivity contribution in [3.05, 3.63) is 12.7 Å². The Labute approximate surface area is 200 Å². The Balaban J connectivity index is -0.000000538. The molecule has 0 aliphatic heterocycles. The van der Waals surface area contributed by atoms with E-state index in [4.69, 9.17) is 25.3 Å². The Kier molecular flexibility index (Phi) is 24.2. The van der Waals surface area contributed by atoms with Crippen molar-refractivity contribution in [3.63, 3.8) is 0 Å². The fourth-order valence-electron chi connectivity index (χ4n) is 2.24. The number of ether oxygens (including phenoxy) is 4. The van der Waals surface area contributed by atoms with E-state index in [1.165, 1.54) is 6.08 Å². The summed E-state index contributed by atoms with van der Waals surface area (Å²) in [6.07, 6.45) is 0.930. The number of nitrogens with zero attached hydrogens (tertiary/aromatic N) is 3. The lowest BCUT2D eigenvalue weighted by molar-refractivity contribution is -0.173. The fraction of sp³-hybridized carbons (Fsp3) is 0.609. The van der Waals surface area contributed by atoms with Crippen LogP contribution in [0.5, 0.6) is 0 Å². The number of hydrogen-bond donors (Lipinski definition) is 0. The van der Waals surface area contributed by atoms with Gasteiger partial charge in [-0.2, -0.15) is 15.8 Å². The van der Waals surface area contributed by atoms with Crippen molar-refractivity contribution in [2.45, 2.75) is 59.8 Å². The van der Waals surface area contributed by atoms with Crippen molar-refractivity contribution in [2.24, 2.45) is 5.41 Å². The van der Waals surface area contributed by atoms with Gasteiger partial charge >= 0.3 is 23.9 Å². The maximum Gasteiger partial charge on any atom is 0.323 e. The van der Waals surface area contributed by atoms with Gasteiger partial charge in [-0.05, 0) is 40.5 Å². The van der Waals surface area contributed by atoms with E-state index in [0.29, 0.717) is 0 Å². The molecule has 0 aromatic carbocycles. The van der Waals surface area contributed by atoms with Gasteiger partial charge in [0.15, 0.2) is 5.41 Å². The molecule has 0 spiro atoms. The minimum Gasteiger partial charge on any atom is -0.466 e. The Morgan fingerprint density at radius 1 is 0.735 bits per heavy atom. The van der Waals surface area contributed by atoms with Gasteiger partial charge in [0.1, 0.15) is 6.42 Å². The first-order valence-corrected chi connectivity index (χ1v) is 10.6. The number of esters is 4. The summed E-state index contributed by atoms with van der Waals surface area (Å²) < 4.78 is 18.9. The number of nitriles is 3. The predicted molar refractivity (Wildman–Crippen MR) is 119 cm³/mol. The van der Waals surface area contributed by atoms with E-state index in [2.05, 4.69) is 16.1 Å². The van der Waals surface area contributed by atoms with E-state index < -0.39 is 29.3 Å². The fourth-order valence-corrected chi connectivity index (χ4v) is 2.24. The third-order valence-electron chi connectivity index (χ3n) is 3.65. The van der Waals surface area contributed by atoms with Crippen molar-refractivity contribution < 1.29 is 38.1 Å². The topological polar surface area (TPSA) is 177 Å². The molecule has 0 radical (unpaired) electrons. The summed E-state index contributed by atoms with van der Waals surface area (Å²) in [5, 5.41) is 24.8. The van der Waals surface area contributed by atoms with E-state index in [9.17, 15) is 19.2 Å². The van der Waals surface area contributed by atoms with Gasteiger partial charge in [-0.25, -0.2) is 0 Å². The second kappa shape index (κ2) is 23.7. The van der Waals surface area contributed by atoms with Crippen LogP contribution < -0.4 is 0 Å². The molecule has 0 N–H and O–H groups in total. The Bertz CT molecular complexity index is 706. The zero-order valence-electron chi connectivity index (χ0n) is 20.3. The Morgan fingerprint density at radius 3 is 1.29 bits per heavy atom. The largest absolute Gasteiger partial charge is 0.466 e. The highest BCUT2D eigenvalue weighted by atomic mass is 16.6. The lowest BCUT2D eigenvalue weighted by Gasteiger charge is -2.27. The second-order valence-electron chi connectivity index (χ2n) is 5.96. The average Bonchev–Trinajstić information content (AvgIpc) is 2.80. The molecule has 0 bridgehead atoms. The third kappa shape index (κ3) is 16.7. The summed E-state index contributed by atoms with van der Waals surface area (Å²) in [7, 11) is 0. The maximum atomic E-state index is 12.1. The van der Waals surface area contributed by atoms with E-state index in [1.54, 1.807) is 33.8 Å². The van der Waals surface area contributed by atoms with Gasteiger partial charge in [-0.3, -0.25) is 19.2 Å². The number of rotatable bonds is 12. The van der Waals surface area contributed by atoms with E-state index in [0.717, 1.165) is 0 Å². The van der Waals surface area contributed by atoms with Gasteiger partial charge in [-0.15, -0.1) is 0 Å². The van der Waals surface area contributed by atoms with Crippen LogP contribution >= 0.6 is 0 Å². The molecule has 0 unspecified atom stereocenters. The summed E-state index contributed by atoms with van der Waals surface area (Å²) in [6.45, 7) is 10.6. The first-order chi connectivity index (χ1) is 16.2. The molecule has 0 aromatic heterocycles. The molecule has 0 aliphatic carbocycles. The molecule has 0 saturated heterocycles. The predicted octanol–water partition coefficient (Wildman–Crippen LogP) is 2.91. The maximum absolute atomic E-state index is 12.1. The highest BCUT2D eigenvalue weighted by molar-refractivity contribution is 6.00. The van der Waals surface area contributed by atoms with E-state index in [1.807, 2.05) is 12.1 Å². The van der Waals surface area contributed by atoms with Crippen LogP contribution in [0.1, 0.15) is 59.8 Å². The van der Waals surface area contributed by atoms with Gasteiger partial charge < -0.3 is 18.9 Å². The van der Waals surface area contributed by atoms with Gasteiger partial charge in [0.05, 0.1) is 44.6 Å². The van der Waals surface area contributed by atoms with Gasteiger partial charge in [0, 0.05) is 18.9 Å². The van der Waals surface area contributed by atoms with Gasteiger partial charge in [0.2, 0.25) is 0 Å². The number of allylic oxidation sites excluding steroid dienone is 1. The molecular weight excluding hydrogens is 446 g/mol. The molecule has 11 heteroatoms. The van der Waals surface area contributed by atoms with Crippen LogP contribution in [0.25, 0.3) is 0 Å². The van der Waals surface area contributed by atoms with Crippen LogP contribution in [0.15, 0.2) is 12.7 Å². The van der Waals surface area contributed by atoms with Crippen LogP contribution in [0.2, 0.25) is 0 Å². The number of hydrogen-bond acceptors (Lipinski definition) is 11. The smallest absolute Gasteiger partial charge is 0.323 e. The molecular formula is C23H33N3O8. The highest BCUT2D eigenvalue weighted by Gasteiger charge is 2.48. The summed E-state index contributed by atoms with van der Waals surface area (Å²) >= 11 is 0. The molecule has 0 aliphatic rings. The van der Waals surface area contributed by atoms with E-state index >= 15 is 0 Å². The van der Waals surface area contributed by atoms with E-state index in [-0.39, 0.29) is 58.5 Å². The molecule has 0 amide bonds. The summed E-state index contributed by atoms with van der Waals surface area (Å²) in [5.74, 6) is -2.52. The molecule has 34 heavy (non-hydrogen) atoms. The Morgan fingerprint density at radius 2 is 1.06 bits per heavy atom. The number of carbonyl (C=O) groups is 4. The molecule has 0 rings (SSSR count). The van der Waals surface area contributed by atoms with Crippen molar-refractivity contribution in [2.75, 3.05) is 26.4 Å². The zero-order valence-corrected chi connectivity index (χ0v) is 20.3. The van der Waals surface area contributed by atoms with Crippen molar-refractivity contribution >= 4 is 23.9 Å². The lowest BCUT2D eigenvalue weighted by atomic mass is 9.79. The molecule has 0 aromatic rings. The Hall–Kier alpha value is -3.91. The first-order valence-electron chi connectivity index (χ1n) is 10.6. The molecule has 0 saturated carbocycles. The molecule has 0 fully saturated rings. The van der Waals surface area contributed by atoms with Crippen LogP contribution in [-0.4, -0.2) is 50.3 Å².